The molecule has 5 heteroatoms. The summed E-state index contributed by atoms with van der Waals surface area (Å²) in [4.78, 5) is 16.0. The minimum Gasteiger partial charge on any atom is -0.435 e. The molecule has 0 aliphatic carbocycles. The van der Waals surface area contributed by atoms with Gasteiger partial charge in [0.1, 0.15) is 5.75 Å². The van der Waals surface area contributed by atoms with Gasteiger partial charge in [0.25, 0.3) is 5.88 Å². The second-order valence-electron chi connectivity index (χ2n) is 3.79. The molecule has 0 atom stereocenters. The van der Waals surface area contributed by atoms with Crippen molar-refractivity contribution >= 4 is 22.6 Å². The first-order valence-corrected chi connectivity index (χ1v) is 6.77. The average Bonchev–Trinajstić information content (AvgIpc) is 2.35. The van der Waals surface area contributed by atoms with Crippen molar-refractivity contribution in [1.82, 2.24) is 9.55 Å². The lowest BCUT2D eigenvalue weighted by atomic mass is 10.3. The van der Waals surface area contributed by atoms with Crippen molar-refractivity contribution in [2.24, 2.45) is 0 Å². The van der Waals surface area contributed by atoms with Crippen molar-refractivity contribution in [3.63, 3.8) is 0 Å². The Labute approximate surface area is 119 Å². The molecular formula is C13H13IN2O2. The molecule has 0 saturated heterocycles. The molecule has 18 heavy (non-hydrogen) atoms. The normalized spacial score (nSPS) is 10.3. The van der Waals surface area contributed by atoms with Crippen LogP contribution in [0.15, 0.2) is 41.5 Å². The summed E-state index contributed by atoms with van der Waals surface area (Å²) in [5, 5.41) is 0. The number of benzene rings is 1. The van der Waals surface area contributed by atoms with E-state index in [0.717, 1.165) is 9.99 Å². The van der Waals surface area contributed by atoms with Gasteiger partial charge in [-0.3, -0.25) is 4.79 Å². The molecule has 2 rings (SSSR count). The standard InChI is InChI=1S/C13H13IN2O2/c1-2-7-16-8-6-15-12(13(16)17)18-11-5-3-4-10(14)9-11/h3-6,8-9H,2,7H2,1H3. The fourth-order valence-corrected chi connectivity index (χ4v) is 2.07. The van der Waals surface area contributed by atoms with Crippen LogP contribution in [0.2, 0.25) is 0 Å². The van der Waals surface area contributed by atoms with E-state index in [1.54, 1.807) is 23.0 Å². The van der Waals surface area contributed by atoms with E-state index in [4.69, 9.17) is 4.74 Å². The first-order chi connectivity index (χ1) is 8.70. The first kappa shape index (κ1) is 13.1. The number of halogens is 1. The zero-order chi connectivity index (χ0) is 13.0. The van der Waals surface area contributed by atoms with E-state index in [-0.39, 0.29) is 11.4 Å². The van der Waals surface area contributed by atoms with Crippen LogP contribution in [0.3, 0.4) is 0 Å². The Morgan fingerprint density at radius 3 is 3.00 bits per heavy atom. The molecule has 0 aliphatic heterocycles. The molecule has 2 aromatic rings. The van der Waals surface area contributed by atoms with Crippen LogP contribution in [0.4, 0.5) is 0 Å². The molecule has 0 spiro atoms. The van der Waals surface area contributed by atoms with E-state index >= 15 is 0 Å². The fraction of sp³-hybridized carbons (Fsp3) is 0.231. The van der Waals surface area contributed by atoms with E-state index in [1.807, 2.05) is 25.1 Å². The molecule has 0 unspecified atom stereocenters. The molecule has 94 valence electrons. The molecule has 0 saturated carbocycles. The minimum atomic E-state index is -0.196. The molecule has 0 bridgehead atoms. The Hall–Kier alpha value is -1.37. The molecule has 1 aromatic heterocycles. The lowest BCUT2D eigenvalue weighted by Gasteiger charge is -2.07. The van der Waals surface area contributed by atoms with Crippen LogP contribution in [0.5, 0.6) is 11.6 Å². The maximum Gasteiger partial charge on any atom is 0.313 e. The number of aryl methyl sites for hydroxylation is 1. The van der Waals surface area contributed by atoms with Crippen molar-refractivity contribution in [1.29, 1.82) is 0 Å². The van der Waals surface area contributed by atoms with Gasteiger partial charge in [-0.2, -0.15) is 0 Å². The van der Waals surface area contributed by atoms with Crippen molar-refractivity contribution in [2.45, 2.75) is 19.9 Å². The minimum absolute atomic E-state index is 0.118. The van der Waals surface area contributed by atoms with Gasteiger partial charge in [-0.1, -0.05) is 13.0 Å². The summed E-state index contributed by atoms with van der Waals surface area (Å²) in [5.74, 6) is 0.744. The third-order valence-electron chi connectivity index (χ3n) is 2.36. The van der Waals surface area contributed by atoms with Crippen LogP contribution >= 0.6 is 22.6 Å². The molecule has 0 aliphatic rings. The second kappa shape index (κ2) is 5.99. The molecule has 1 aromatic carbocycles. The Morgan fingerprint density at radius 1 is 1.44 bits per heavy atom. The van der Waals surface area contributed by atoms with Gasteiger partial charge in [-0.25, -0.2) is 4.98 Å². The first-order valence-electron chi connectivity index (χ1n) is 5.69. The predicted octanol–water partition coefficient (Wildman–Crippen LogP) is 3.05. The Balaban J connectivity index is 2.29. The molecule has 0 N–H and O–H groups in total. The number of aromatic nitrogens is 2. The third kappa shape index (κ3) is 3.10. The van der Waals surface area contributed by atoms with Gasteiger partial charge in [-0.15, -0.1) is 0 Å². The zero-order valence-corrected chi connectivity index (χ0v) is 12.1. The predicted molar refractivity (Wildman–Crippen MR) is 78.0 cm³/mol. The smallest absolute Gasteiger partial charge is 0.313 e. The highest BCUT2D eigenvalue weighted by Gasteiger charge is 2.07. The molecule has 0 radical (unpaired) electrons. The van der Waals surface area contributed by atoms with Gasteiger partial charge in [0.05, 0.1) is 0 Å². The second-order valence-corrected chi connectivity index (χ2v) is 5.04. The lowest BCUT2D eigenvalue weighted by Crippen LogP contribution is -2.21. The monoisotopic (exact) mass is 356 g/mol. The highest BCUT2D eigenvalue weighted by atomic mass is 127. The van der Waals surface area contributed by atoms with Crippen molar-refractivity contribution in [3.8, 4) is 11.6 Å². The highest BCUT2D eigenvalue weighted by Crippen LogP contribution is 2.18. The van der Waals surface area contributed by atoms with E-state index in [1.165, 1.54) is 0 Å². The number of hydrogen-bond acceptors (Lipinski definition) is 3. The summed E-state index contributed by atoms with van der Waals surface area (Å²) in [6.45, 7) is 2.69. The van der Waals surface area contributed by atoms with Crippen LogP contribution in [-0.2, 0) is 6.54 Å². The SMILES string of the molecule is CCCn1ccnc(Oc2cccc(I)c2)c1=O. The summed E-state index contributed by atoms with van der Waals surface area (Å²) in [6, 6.07) is 7.51. The number of nitrogens with zero attached hydrogens (tertiary/aromatic N) is 2. The summed E-state index contributed by atoms with van der Waals surface area (Å²) >= 11 is 2.19. The highest BCUT2D eigenvalue weighted by molar-refractivity contribution is 14.1. The largest absolute Gasteiger partial charge is 0.435 e. The number of rotatable bonds is 4. The Bertz CT molecular complexity index is 596. The molecule has 0 fully saturated rings. The molecule has 0 amide bonds. The molecule has 4 nitrogen and oxygen atoms in total. The number of hydrogen-bond donors (Lipinski definition) is 0. The summed E-state index contributed by atoms with van der Waals surface area (Å²) < 4.78 is 8.19. The maximum atomic E-state index is 12.0. The van der Waals surface area contributed by atoms with Crippen LogP contribution in [0.1, 0.15) is 13.3 Å². The number of ether oxygens (including phenoxy) is 1. The van der Waals surface area contributed by atoms with Gasteiger partial charge < -0.3 is 9.30 Å². The molecule has 1 heterocycles. The lowest BCUT2D eigenvalue weighted by molar-refractivity contribution is 0.443. The van der Waals surface area contributed by atoms with Gasteiger partial charge in [0.2, 0.25) is 0 Å². The van der Waals surface area contributed by atoms with Crippen LogP contribution in [0.25, 0.3) is 0 Å². The van der Waals surface area contributed by atoms with Crippen LogP contribution < -0.4 is 10.3 Å². The van der Waals surface area contributed by atoms with Crippen molar-refractivity contribution < 1.29 is 4.74 Å². The van der Waals surface area contributed by atoms with Crippen molar-refractivity contribution in [3.05, 3.63) is 50.6 Å². The quantitative estimate of drug-likeness (QED) is 0.791. The van der Waals surface area contributed by atoms with Gasteiger partial charge in [-0.05, 0) is 47.2 Å². The summed E-state index contributed by atoms with van der Waals surface area (Å²) in [6.07, 6.45) is 4.15. The Morgan fingerprint density at radius 2 is 2.28 bits per heavy atom. The van der Waals surface area contributed by atoms with Gasteiger partial charge in [0.15, 0.2) is 0 Å². The average molecular weight is 356 g/mol. The van der Waals surface area contributed by atoms with E-state index in [9.17, 15) is 4.79 Å². The fourth-order valence-electron chi connectivity index (χ4n) is 1.56. The third-order valence-corrected chi connectivity index (χ3v) is 3.03. The van der Waals surface area contributed by atoms with E-state index in [2.05, 4.69) is 27.6 Å². The van der Waals surface area contributed by atoms with Gasteiger partial charge in [0, 0.05) is 22.5 Å². The van der Waals surface area contributed by atoms with Crippen LogP contribution in [0, 0.1) is 3.57 Å². The molecular weight excluding hydrogens is 343 g/mol. The maximum absolute atomic E-state index is 12.0. The topological polar surface area (TPSA) is 44.1 Å². The van der Waals surface area contributed by atoms with Crippen molar-refractivity contribution in [2.75, 3.05) is 0 Å². The van der Waals surface area contributed by atoms with Crippen LogP contribution in [-0.4, -0.2) is 9.55 Å². The van der Waals surface area contributed by atoms with E-state index < -0.39 is 0 Å². The summed E-state index contributed by atoms with van der Waals surface area (Å²) in [7, 11) is 0. The summed E-state index contributed by atoms with van der Waals surface area (Å²) in [5.41, 5.74) is -0.196. The van der Waals surface area contributed by atoms with E-state index in [0.29, 0.717) is 12.3 Å². The van der Waals surface area contributed by atoms with Gasteiger partial charge >= 0.3 is 5.56 Å². The zero-order valence-electron chi connectivity index (χ0n) is 9.97. The Kier molecular flexibility index (Phi) is 4.35.